The van der Waals surface area contributed by atoms with Gasteiger partial charge in [-0.05, 0) is 37.7 Å². The Morgan fingerprint density at radius 3 is 2.32 bits per heavy atom. The molecule has 0 heterocycles. The molecule has 0 radical (unpaired) electrons. The Kier molecular flexibility index (Phi) is 12.9. The summed E-state index contributed by atoms with van der Waals surface area (Å²) in [4.78, 5) is 15.1. The highest BCUT2D eigenvalue weighted by atomic mass is 32.2. The molecule has 0 aromatic rings. The highest BCUT2D eigenvalue weighted by molar-refractivity contribution is 7.98. The third-order valence-electron chi connectivity index (χ3n) is 2.62. The van der Waals surface area contributed by atoms with Gasteiger partial charge in [-0.1, -0.05) is 0 Å². The number of carbonyl (C=O) groups is 1. The van der Waals surface area contributed by atoms with Crippen molar-refractivity contribution in [2.75, 3.05) is 39.3 Å². The lowest BCUT2D eigenvalue weighted by molar-refractivity contribution is -0.140. The Bertz CT molecular complexity index is 260. The number of guanidine groups is 1. The largest absolute Gasteiger partial charge is 0.469 e. The lowest BCUT2D eigenvalue weighted by Crippen LogP contribution is -2.38. The zero-order valence-electron chi connectivity index (χ0n) is 12.3. The van der Waals surface area contributed by atoms with Gasteiger partial charge >= 0.3 is 5.97 Å². The van der Waals surface area contributed by atoms with E-state index in [2.05, 4.69) is 26.6 Å². The molecule has 0 aliphatic rings. The summed E-state index contributed by atoms with van der Waals surface area (Å²) in [6.45, 7) is 1.77. The predicted octanol–water partition coefficient (Wildman–Crippen LogP) is 1.64. The molecule has 19 heavy (non-hydrogen) atoms. The summed E-state index contributed by atoms with van der Waals surface area (Å²) in [5.41, 5.74) is 0. The van der Waals surface area contributed by atoms with Crippen molar-refractivity contribution in [3.05, 3.63) is 0 Å². The molecule has 0 aromatic heterocycles. The molecular formula is C13H27N3O2S. The molecule has 0 saturated carbocycles. The number of methoxy groups -OCH3 is 1. The van der Waals surface area contributed by atoms with Crippen molar-refractivity contribution in [1.82, 2.24) is 10.6 Å². The van der Waals surface area contributed by atoms with E-state index in [1.165, 1.54) is 19.3 Å². The molecule has 6 heteroatoms. The number of rotatable bonds is 10. The van der Waals surface area contributed by atoms with Gasteiger partial charge in [-0.3, -0.25) is 9.79 Å². The van der Waals surface area contributed by atoms with Crippen LogP contribution in [0.25, 0.3) is 0 Å². The summed E-state index contributed by atoms with van der Waals surface area (Å²) < 4.78 is 4.59. The molecule has 0 aromatic carbocycles. The van der Waals surface area contributed by atoms with Crippen molar-refractivity contribution in [2.45, 2.75) is 32.1 Å². The average Bonchev–Trinajstić information content (AvgIpc) is 2.44. The first-order valence-electron chi connectivity index (χ1n) is 6.74. The maximum absolute atomic E-state index is 10.9. The fourth-order valence-corrected chi connectivity index (χ4v) is 1.99. The van der Waals surface area contributed by atoms with Gasteiger partial charge in [-0.2, -0.15) is 11.8 Å². The third kappa shape index (κ3) is 11.9. The van der Waals surface area contributed by atoms with Gasteiger partial charge in [0.05, 0.1) is 7.11 Å². The minimum Gasteiger partial charge on any atom is -0.469 e. The zero-order valence-corrected chi connectivity index (χ0v) is 13.1. The van der Waals surface area contributed by atoms with E-state index in [-0.39, 0.29) is 5.97 Å². The van der Waals surface area contributed by atoms with Crippen molar-refractivity contribution >= 4 is 23.7 Å². The van der Waals surface area contributed by atoms with Crippen molar-refractivity contribution in [1.29, 1.82) is 0 Å². The van der Waals surface area contributed by atoms with E-state index in [1.807, 2.05) is 11.8 Å². The molecule has 5 nitrogen and oxygen atoms in total. The number of esters is 1. The number of aliphatic imine (C=N–C) groups is 1. The number of nitrogens with zero attached hydrogens (tertiary/aromatic N) is 1. The molecule has 0 bridgehead atoms. The lowest BCUT2D eigenvalue weighted by atomic mass is 10.2. The minimum absolute atomic E-state index is 0.142. The molecule has 0 amide bonds. The molecule has 112 valence electrons. The van der Waals surface area contributed by atoms with Crippen molar-refractivity contribution in [3.8, 4) is 0 Å². The second-order valence-electron chi connectivity index (χ2n) is 4.16. The SMILES string of the molecule is CN=C(NCCCCSC)NCCCCC(=O)OC. The number of thioether (sulfide) groups is 1. The Balaban J connectivity index is 3.47. The summed E-state index contributed by atoms with van der Waals surface area (Å²) >= 11 is 1.88. The molecule has 0 unspecified atom stereocenters. The highest BCUT2D eigenvalue weighted by Crippen LogP contribution is 1.98. The maximum Gasteiger partial charge on any atom is 0.305 e. The molecule has 0 fully saturated rings. The van der Waals surface area contributed by atoms with Crippen LogP contribution < -0.4 is 10.6 Å². The van der Waals surface area contributed by atoms with E-state index in [4.69, 9.17) is 0 Å². The van der Waals surface area contributed by atoms with Gasteiger partial charge in [0.25, 0.3) is 0 Å². The second kappa shape index (κ2) is 13.5. The van der Waals surface area contributed by atoms with E-state index in [0.29, 0.717) is 6.42 Å². The van der Waals surface area contributed by atoms with E-state index < -0.39 is 0 Å². The van der Waals surface area contributed by atoms with Gasteiger partial charge in [-0.25, -0.2) is 0 Å². The summed E-state index contributed by atoms with van der Waals surface area (Å²) in [7, 11) is 3.19. The van der Waals surface area contributed by atoms with E-state index >= 15 is 0 Å². The smallest absolute Gasteiger partial charge is 0.305 e. The number of hydrogen-bond donors (Lipinski definition) is 2. The number of ether oxygens (including phenoxy) is 1. The van der Waals surface area contributed by atoms with Crippen LogP contribution in [0.1, 0.15) is 32.1 Å². The van der Waals surface area contributed by atoms with Crippen LogP contribution in [0.5, 0.6) is 0 Å². The molecule has 2 N–H and O–H groups in total. The highest BCUT2D eigenvalue weighted by Gasteiger charge is 2.00. The number of unbranched alkanes of at least 4 members (excludes halogenated alkanes) is 2. The Morgan fingerprint density at radius 2 is 1.79 bits per heavy atom. The standard InChI is InChI=1S/C13H27N3O2S/c1-14-13(16-10-6-7-11-19-3)15-9-5-4-8-12(17)18-2/h4-11H2,1-3H3,(H2,14,15,16). The van der Waals surface area contributed by atoms with E-state index in [0.717, 1.165) is 38.3 Å². The van der Waals surface area contributed by atoms with Gasteiger partial charge < -0.3 is 15.4 Å². The first-order valence-corrected chi connectivity index (χ1v) is 8.14. The molecule has 0 saturated heterocycles. The van der Waals surface area contributed by atoms with Crippen LogP contribution >= 0.6 is 11.8 Å². The molecule has 0 spiro atoms. The quantitative estimate of drug-likeness (QED) is 0.277. The van der Waals surface area contributed by atoms with E-state index in [9.17, 15) is 4.79 Å². The molecule has 0 rings (SSSR count). The molecule has 0 atom stereocenters. The van der Waals surface area contributed by atoms with Gasteiger partial charge in [0.2, 0.25) is 0 Å². The predicted molar refractivity (Wildman–Crippen MR) is 82.8 cm³/mol. The summed E-state index contributed by atoms with van der Waals surface area (Å²) in [5.74, 6) is 1.90. The number of carbonyl (C=O) groups excluding carboxylic acids is 1. The normalized spacial score (nSPS) is 11.2. The van der Waals surface area contributed by atoms with E-state index in [1.54, 1.807) is 7.05 Å². The van der Waals surface area contributed by atoms with Gasteiger partial charge in [0.15, 0.2) is 5.96 Å². The van der Waals surface area contributed by atoms with Crippen LogP contribution in [0.4, 0.5) is 0 Å². The molecule has 0 aliphatic carbocycles. The topological polar surface area (TPSA) is 62.7 Å². The summed E-state index contributed by atoms with van der Waals surface area (Å²) in [6.07, 6.45) is 6.77. The maximum atomic E-state index is 10.9. The summed E-state index contributed by atoms with van der Waals surface area (Å²) in [6, 6.07) is 0. The average molecular weight is 289 g/mol. The first-order chi connectivity index (χ1) is 9.24. The third-order valence-corrected chi connectivity index (χ3v) is 3.32. The van der Waals surface area contributed by atoms with Crippen LogP contribution in [0.15, 0.2) is 4.99 Å². The van der Waals surface area contributed by atoms with Crippen LogP contribution in [0, 0.1) is 0 Å². The number of hydrogen-bond acceptors (Lipinski definition) is 4. The zero-order chi connectivity index (χ0) is 14.3. The Hall–Kier alpha value is -0.910. The fraction of sp³-hybridized carbons (Fsp3) is 0.846. The second-order valence-corrected chi connectivity index (χ2v) is 5.14. The van der Waals surface area contributed by atoms with Gasteiger partial charge in [0, 0.05) is 26.6 Å². The van der Waals surface area contributed by atoms with Crippen molar-refractivity contribution < 1.29 is 9.53 Å². The molecule has 0 aliphatic heterocycles. The fourth-order valence-electron chi connectivity index (χ4n) is 1.50. The lowest BCUT2D eigenvalue weighted by Gasteiger charge is -2.11. The number of nitrogens with one attached hydrogen (secondary N) is 2. The van der Waals surface area contributed by atoms with Crippen LogP contribution in [0.3, 0.4) is 0 Å². The van der Waals surface area contributed by atoms with Crippen molar-refractivity contribution in [3.63, 3.8) is 0 Å². The minimum atomic E-state index is -0.142. The van der Waals surface area contributed by atoms with Crippen LogP contribution in [0.2, 0.25) is 0 Å². The monoisotopic (exact) mass is 289 g/mol. The van der Waals surface area contributed by atoms with Crippen LogP contribution in [-0.2, 0) is 9.53 Å². The first kappa shape index (κ1) is 18.1. The van der Waals surface area contributed by atoms with Crippen molar-refractivity contribution in [2.24, 2.45) is 4.99 Å². The summed E-state index contributed by atoms with van der Waals surface area (Å²) in [5, 5.41) is 6.51. The Labute approximate surface area is 121 Å². The Morgan fingerprint density at radius 1 is 1.16 bits per heavy atom. The van der Waals surface area contributed by atoms with Gasteiger partial charge in [0.1, 0.15) is 0 Å². The molecular weight excluding hydrogens is 262 g/mol. The van der Waals surface area contributed by atoms with Crippen LogP contribution in [-0.4, -0.2) is 51.2 Å². The van der Waals surface area contributed by atoms with Gasteiger partial charge in [-0.15, -0.1) is 0 Å².